The predicted molar refractivity (Wildman–Crippen MR) is 74.0 cm³/mol. The molecule has 0 spiro atoms. The lowest BCUT2D eigenvalue weighted by Gasteiger charge is -2.12. The summed E-state index contributed by atoms with van der Waals surface area (Å²) in [5.41, 5.74) is 3.08. The van der Waals surface area contributed by atoms with Crippen LogP contribution in [0.2, 0.25) is 0 Å². The molecule has 0 fully saturated rings. The number of H-pyrrole nitrogens is 1. The monoisotopic (exact) mass is 329 g/mol. The van der Waals surface area contributed by atoms with Crippen LogP contribution in [0.4, 0.5) is 23.2 Å². The minimum absolute atomic E-state index is 0.0722. The van der Waals surface area contributed by atoms with Gasteiger partial charge < -0.3 is 16.0 Å². The van der Waals surface area contributed by atoms with E-state index >= 15 is 0 Å². The van der Waals surface area contributed by atoms with E-state index in [-0.39, 0.29) is 16.8 Å². The highest BCUT2D eigenvalue weighted by atomic mass is 19.4. The number of hydrogen-bond donors (Lipinski definition) is 3. The van der Waals surface area contributed by atoms with Gasteiger partial charge in [-0.05, 0) is 6.07 Å². The van der Waals surface area contributed by atoms with E-state index in [0.29, 0.717) is 6.07 Å². The Labute approximate surface area is 127 Å². The highest BCUT2D eigenvalue weighted by Crippen LogP contribution is 2.32. The van der Waals surface area contributed by atoms with Crippen molar-refractivity contribution in [1.82, 2.24) is 10.3 Å². The van der Waals surface area contributed by atoms with Crippen molar-refractivity contribution < 1.29 is 22.4 Å². The molecule has 1 aromatic heterocycles. The third-order valence-corrected chi connectivity index (χ3v) is 3.02. The smallest absolute Gasteiger partial charge is 0.398 e. The van der Waals surface area contributed by atoms with E-state index in [2.05, 4.69) is 10.3 Å². The van der Waals surface area contributed by atoms with Gasteiger partial charge in [0, 0.05) is 24.4 Å². The average Bonchev–Trinajstić information content (AvgIpc) is 2.44. The molecule has 9 heteroatoms. The van der Waals surface area contributed by atoms with E-state index < -0.39 is 35.6 Å². The van der Waals surface area contributed by atoms with Gasteiger partial charge in [-0.3, -0.25) is 9.59 Å². The van der Waals surface area contributed by atoms with Crippen molar-refractivity contribution in [3.8, 4) is 0 Å². The van der Waals surface area contributed by atoms with Crippen LogP contribution in [0.5, 0.6) is 0 Å². The van der Waals surface area contributed by atoms with Gasteiger partial charge in [0.05, 0.1) is 16.8 Å². The third kappa shape index (κ3) is 3.68. The molecule has 0 aliphatic carbocycles. The molecule has 2 rings (SSSR count). The van der Waals surface area contributed by atoms with Gasteiger partial charge in [0.15, 0.2) is 0 Å². The molecule has 4 N–H and O–H groups in total. The van der Waals surface area contributed by atoms with Crippen molar-refractivity contribution >= 4 is 11.6 Å². The molecule has 0 atom stereocenters. The largest absolute Gasteiger partial charge is 0.419 e. The molecule has 1 aromatic carbocycles. The first-order chi connectivity index (χ1) is 10.7. The number of nitrogen functional groups attached to an aromatic ring is 1. The predicted octanol–water partition coefficient (Wildman–Crippen LogP) is 2.04. The lowest BCUT2D eigenvalue weighted by Crippen LogP contribution is -2.26. The molecule has 0 saturated heterocycles. The Morgan fingerprint density at radius 3 is 2.61 bits per heavy atom. The molecule has 5 nitrogen and oxygen atoms in total. The van der Waals surface area contributed by atoms with E-state index in [0.717, 1.165) is 24.4 Å². The molecule has 0 unspecified atom stereocenters. The Morgan fingerprint density at radius 1 is 1.30 bits per heavy atom. The van der Waals surface area contributed by atoms with Crippen molar-refractivity contribution in [3.63, 3.8) is 0 Å². The summed E-state index contributed by atoms with van der Waals surface area (Å²) in [6.07, 6.45) is -3.76. The van der Waals surface area contributed by atoms with E-state index in [1.807, 2.05) is 0 Å². The normalized spacial score (nSPS) is 11.3. The Hall–Kier alpha value is -2.84. The number of rotatable bonds is 3. The lowest BCUT2D eigenvalue weighted by atomic mass is 10.1. The van der Waals surface area contributed by atoms with Gasteiger partial charge in [0.1, 0.15) is 5.82 Å². The van der Waals surface area contributed by atoms with Gasteiger partial charge in [0.25, 0.3) is 5.91 Å². The second-order valence-corrected chi connectivity index (χ2v) is 4.63. The summed E-state index contributed by atoms with van der Waals surface area (Å²) in [4.78, 5) is 25.1. The maximum absolute atomic E-state index is 13.8. The first kappa shape index (κ1) is 16.5. The van der Waals surface area contributed by atoms with Crippen molar-refractivity contribution in [2.75, 3.05) is 5.73 Å². The highest BCUT2D eigenvalue weighted by Gasteiger charge is 2.34. The van der Waals surface area contributed by atoms with Crippen molar-refractivity contribution in [2.24, 2.45) is 0 Å². The highest BCUT2D eigenvalue weighted by molar-refractivity contribution is 5.98. The van der Waals surface area contributed by atoms with Crippen LogP contribution in [-0.4, -0.2) is 10.9 Å². The number of pyridine rings is 1. The van der Waals surface area contributed by atoms with Crippen LogP contribution < -0.4 is 16.6 Å². The van der Waals surface area contributed by atoms with Gasteiger partial charge in [-0.15, -0.1) is 0 Å². The fourth-order valence-corrected chi connectivity index (χ4v) is 1.89. The number of alkyl halides is 3. The van der Waals surface area contributed by atoms with Crippen LogP contribution in [0.1, 0.15) is 21.5 Å². The van der Waals surface area contributed by atoms with Crippen molar-refractivity contribution in [2.45, 2.75) is 12.7 Å². The molecule has 23 heavy (non-hydrogen) atoms. The zero-order valence-electron chi connectivity index (χ0n) is 11.5. The van der Waals surface area contributed by atoms with Crippen LogP contribution in [0, 0.1) is 5.82 Å². The molecule has 0 aliphatic heterocycles. The Morgan fingerprint density at radius 2 is 2.00 bits per heavy atom. The van der Waals surface area contributed by atoms with Crippen molar-refractivity contribution in [1.29, 1.82) is 0 Å². The summed E-state index contributed by atoms with van der Waals surface area (Å²) in [6.45, 7) is -0.465. The van der Waals surface area contributed by atoms with Crippen LogP contribution in [0.3, 0.4) is 0 Å². The summed E-state index contributed by atoms with van der Waals surface area (Å²) in [5.74, 6) is -2.20. The maximum atomic E-state index is 13.8. The SMILES string of the molecule is Nc1cc(=O)[nH]cc1C(=O)NCc1cccc(C(F)(F)F)c1F. The fraction of sp³-hybridized carbons (Fsp3) is 0.143. The average molecular weight is 329 g/mol. The molecular weight excluding hydrogens is 318 g/mol. The van der Waals surface area contributed by atoms with Gasteiger partial charge in [-0.2, -0.15) is 13.2 Å². The zero-order chi connectivity index (χ0) is 17.2. The molecule has 0 aliphatic rings. The van der Waals surface area contributed by atoms with E-state index in [1.165, 1.54) is 0 Å². The first-order valence-corrected chi connectivity index (χ1v) is 6.31. The van der Waals surface area contributed by atoms with Crippen LogP contribution >= 0.6 is 0 Å². The van der Waals surface area contributed by atoms with Crippen LogP contribution in [-0.2, 0) is 12.7 Å². The molecule has 0 bridgehead atoms. The molecule has 2 aromatic rings. The summed E-state index contributed by atoms with van der Waals surface area (Å²) >= 11 is 0. The summed E-state index contributed by atoms with van der Waals surface area (Å²) in [5, 5.41) is 2.25. The number of amides is 1. The Bertz CT molecular complexity index is 799. The molecule has 0 saturated carbocycles. The van der Waals surface area contributed by atoms with E-state index in [4.69, 9.17) is 5.73 Å². The molecule has 1 amide bonds. The minimum atomic E-state index is -4.83. The number of nitrogens with one attached hydrogen (secondary N) is 2. The topological polar surface area (TPSA) is 88.0 Å². The number of aromatic amines is 1. The zero-order valence-corrected chi connectivity index (χ0v) is 11.5. The molecule has 122 valence electrons. The first-order valence-electron chi connectivity index (χ1n) is 6.31. The maximum Gasteiger partial charge on any atom is 0.419 e. The van der Waals surface area contributed by atoms with Gasteiger partial charge >= 0.3 is 6.18 Å². The summed E-state index contributed by atoms with van der Waals surface area (Å²) < 4.78 is 51.6. The van der Waals surface area contributed by atoms with Gasteiger partial charge in [-0.25, -0.2) is 4.39 Å². The Balaban J connectivity index is 2.18. The Kier molecular flexibility index (Phi) is 4.39. The van der Waals surface area contributed by atoms with E-state index in [1.54, 1.807) is 0 Å². The molecular formula is C14H11F4N3O2. The number of halogens is 4. The van der Waals surface area contributed by atoms with Crippen molar-refractivity contribution in [3.05, 3.63) is 63.3 Å². The number of hydrogen-bond acceptors (Lipinski definition) is 3. The quantitative estimate of drug-likeness (QED) is 0.753. The molecule has 1 heterocycles. The van der Waals surface area contributed by atoms with Crippen LogP contribution in [0.15, 0.2) is 35.3 Å². The van der Waals surface area contributed by atoms with Gasteiger partial charge in [0.2, 0.25) is 5.56 Å². The number of benzene rings is 1. The summed E-state index contributed by atoms with van der Waals surface area (Å²) in [7, 11) is 0. The lowest BCUT2D eigenvalue weighted by molar-refractivity contribution is -0.140. The number of aromatic nitrogens is 1. The fourth-order valence-electron chi connectivity index (χ4n) is 1.89. The number of anilines is 1. The second kappa shape index (κ2) is 6.11. The number of nitrogens with two attached hydrogens (primary N) is 1. The second-order valence-electron chi connectivity index (χ2n) is 4.63. The standard InChI is InChI=1S/C14H11F4N3O2/c15-12-7(2-1-3-9(12)14(16,17)18)5-21-13(23)8-6-20-11(22)4-10(8)19/h1-4,6H,5H2,(H,21,23)(H3,19,20,22). The minimum Gasteiger partial charge on any atom is -0.398 e. The molecule has 0 radical (unpaired) electrons. The number of carbonyl (C=O) groups is 1. The number of carbonyl (C=O) groups excluding carboxylic acids is 1. The van der Waals surface area contributed by atoms with Crippen LogP contribution in [0.25, 0.3) is 0 Å². The van der Waals surface area contributed by atoms with Gasteiger partial charge in [-0.1, -0.05) is 12.1 Å². The van der Waals surface area contributed by atoms with E-state index in [9.17, 15) is 27.2 Å². The third-order valence-electron chi connectivity index (χ3n) is 3.02. The summed E-state index contributed by atoms with van der Waals surface area (Å²) in [6, 6.07) is 3.77.